The van der Waals surface area contributed by atoms with Gasteiger partial charge in [0.2, 0.25) is 10.0 Å². The molecule has 0 aliphatic carbocycles. The molecule has 1 atom stereocenters. The third kappa shape index (κ3) is 3.16. The summed E-state index contributed by atoms with van der Waals surface area (Å²) < 4.78 is 26.2. The SMILES string of the molecule is CC1CN(S(=O)(=O)c2ccccc2Cl)CCN1.Cl. The van der Waals surface area contributed by atoms with Crippen molar-refractivity contribution in [2.45, 2.75) is 17.9 Å². The first-order chi connectivity index (χ1) is 8.01. The Morgan fingerprint density at radius 2 is 2.06 bits per heavy atom. The number of piperazine rings is 1. The number of sulfonamides is 1. The average molecular weight is 311 g/mol. The summed E-state index contributed by atoms with van der Waals surface area (Å²) in [7, 11) is -3.46. The first-order valence-electron chi connectivity index (χ1n) is 5.50. The van der Waals surface area contributed by atoms with Gasteiger partial charge < -0.3 is 5.32 Å². The highest BCUT2D eigenvalue weighted by molar-refractivity contribution is 7.89. The van der Waals surface area contributed by atoms with Crippen LogP contribution in [-0.4, -0.2) is 38.4 Å². The minimum Gasteiger partial charge on any atom is -0.312 e. The Morgan fingerprint density at radius 3 is 2.67 bits per heavy atom. The summed E-state index contributed by atoms with van der Waals surface area (Å²) >= 11 is 5.94. The maximum absolute atomic E-state index is 12.4. The molecule has 0 aromatic heterocycles. The molecule has 1 aliphatic heterocycles. The highest BCUT2D eigenvalue weighted by atomic mass is 35.5. The van der Waals surface area contributed by atoms with Crippen molar-refractivity contribution in [2.24, 2.45) is 0 Å². The number of benzene rings is 1. The lowest BCUT2D eigenvalue weighted by molar-refractivity contribution is 0.310. The van der Waals surface area contributed by atoms with Crippen LogP contribution in [0.25, 0.3) is 0 Å². The minimum atomic E-state index is -3.46. The lowest BCUT2D eigenvalue weighted by Crippen LogP contribution is -2.51. The van der Waals surface area contributed by atoms with Crippen molar-refractivity contribution in [3.05, 3.63) is 29.3 Å². The average Bonchev–Trinajstić information content (AvgIpc) is 2.29. The summed E-state index contributed by atoms with van der Waals surface area (Å²) in [5.74, 6) is 0. The molecule has 18 heavy (non-hydrogen) atoms. The van der Waals surface area contributed by atoms with E-state index in [1.54, 1.807) is 24.3 Å². The van der Waals surface area contributed by atoms with Gasteiger partial charge in [0, 0.05) is 25.7 Å². The Morgan fingerprint density at radius 1 is 1.39 bits per heavy atom. The summed E-state index contributed by atoms with van der Waals surface area (Å²) in [5, 5.41) is 3.49. The fourth-order valence-electron chi connectivity index (χ4n) is 1.91. The molecule has 1 heterocycles. The molecule has 1 saturated heterocycles. The summed E-state index contributed by atoms with van der Waals surface area (Å²) in [5.41, 5.74) is 0. The van der Waals surface area contributed by atoms with Crippen molar-refractivity contribution < 1.29 is 8.42 Å². The molecule has 1 aliphatic rings. The van der Waals surface area contributed by atoms with Crippen LogP contribution < -0.4 is 5.32 Å². The first-order valence-corrected chi connectivity index (χ1v) is 7.31. The van der Waals surface area contributed by atoms with Gasteiger partial charge in [0.15, 0.2) is 0 Å². The number of nitrogens with zero attached hydrogens (tertiary/aromatic N) is 1. The van der Waals surface area contributed by atoms with Crippen molar-refractivity contribution in [1.29, 1.82) is 0 Å². The summed E-state index contributed by atoms with van der Waals surface area (Å²) in [6.07, 6.45) is 0. The lowest BCUT2D eigenvalue weighted by atomic mass is 10.3. The van der Waals surface area contributed by atoms with Gasteiger partial charge in [0.05, 0.1) is 5.02 Å². The Balaban J connectivity index is 0.00000162. The molecule has 2 rings (SSSR count). The van der Waals surface area contributed by atoms with Crippen molar-refractivity contribution >= 4 is 34.0 Å². The van der Waals surface area contributed by atoms with Crippen molar-refractivity contribution in [3.63, 3.8) is 0 Å². The van der Waals surface area contributed by atoms with Crippen LogP contribution in [0, 0.1) is 0 Å². The molecule has 1 fully saturated rings. The zero-order chi connectivity index (χ0) is 12.5. The Hall–Kier alpha value is -0.330. The maximum atomic E-state index is 12.4. The second kappa shape index (κ2) is 6.21. The standard InChI is InChI=1S/C11H15ClN2O2S.ClH/c1-9-8-14(7-6-13-9)17(15,16)11-5-3-2-4-10(11)12;/h2-5,9,13H,6-8H2,1H3;1H. The summed E-state index contributed by atoms with van der Waals surface area (Å²) in [6, 6.07) is 6.72. The molecule has 102 valence electrons. The number of hydrogen-bond acceptors (Lipinski definition) is 3. The van der Waals surface area contributed by atoms with Gasteiger partial charge in [-0.25, -0.2) is 8.42 Å². The monoisotopic (exact) mass is 310 g/mol. The van der Waals surface area contributed by atoms with Crippen LogP contribution in [0.2, 0.25) is 5.02 Å². The van der Waals surface area contributed by atoms with E-state index >= 15 is 0 Å². The molecule has 4 nitrogen and oxygen atoms in total. The van der Waals surface area contributed by atoms with Crippen LogP contribution >= 0.6 is 24.0 Å². The first kappa shape index (κ1) is 15.7. The number of hydrogen-bond donors (Lipinski definition) is 1. The van der Waals surface area contributed by atoms with E-state index in [2.05, 4.69) is 5.32 Å². The van der Waals surface area contributed by atoms with Crippen molar-refractivity contribution in [3.8, 4) is 0 Å². The van der Waals surface area contributed by atoms with E-state index in [9.17, 15) is 8.42 Å². The molecule has 1 N–H and O–H groups in total. The number of rotatable bonds is 2. The molecule has 0 saturated carbocycles. The van der Waals surface area contributed by atoms with Gasteiger partial charge >= 0.3 is 0 Å². The van der Waals surface area contributed by atoms with Crippen LogP contribution in [0.4, 0.5) is 0 Å². The Kier molecular flexibility index (Phi) is 5.43. The lowest BCUT2D eigenvalue weighted by Gasteiger charge is -2.31. The van der Waals surface area contributed by atoms with Gasteiger partial charge in [-0.3, -0.25) is 0 Å². The third-order valence-corrected chi connectivity index (χ3v) is 5.15. The van der Waals surface area contributed by atoms with Gasteiger partial charge in [-0.2, -0.15) is 4.31 Å². The Bertz CT molecular complexity index is 508. The van der Waals surface area contributed by atoms with E-state index in [1.165, 1.54) is 4.31 Å². The van der Waals surface area contributed by atoms with Gasteiger partial charge in [0.25, 0.3) is 0 Å². The fourth-order valence-corrected chi connectivity index (χ4v) is 3.93. The van der Waals surface area contributed by atoms with Crippen molar-refractivity contribution in [2.75, 3.05) is 19.6 Å². The van der Waals surface area contributed by atoms with E-state index in [0.29, 0.717) is 19.6 Å². The molecule has 0 radical (unpaired) electrons. The molecule has 0 amide bonds. The highest BCUT2D eigenvalue weighted by Gasteiger charge is 2.29. The highest BCUT2D eigenvalue weighted by Crippen LogP contribution is 2.24. The van der Waals surface area contributed by atoms with E-state index < -0.39 is 10.0 Å². The molecule has 1 unspecified atom stereocenters. The predicted octanol–water partition coefficient (Wildman–Crippen LogP) is 1.74. The van der Waals surface area contributed by atoms with Crippen LogP contribution in [0.3, 0.4) is 0 Å². The zero-order valence-corrected chi connectivity index (χ0v) is 12.4. The fraction of sp³-hybridized carbons (Fsp3) is 0.455. The van der Waals surface area contributed by atoms with E-state index in [0.717, 1.165) is 0 Å². The van der Waals surface area contributed by atoms with Crippen LogP contribution in [0.1, 0.15) is 6.92 Å². The van der Waals surface area contributed by atoms with E-state index in [1.807, 2.05) is 6.92 Å². The maximum Gasteiger partial charge on any atom is 0.244 e. The van der Waals surface area contributed by atoms with Gasteiger partial charge in [-0.1, -0.05) is 23.7 Å². The molecule has 7 heteroatoms. The summed E-state index contributed by atoms with van der Waals surface area (Å²) in [6.45, 7) is 3.60. The molecular weight excluding hydrogens is 295 g/mol. The van der Waals surface area contributed by atoms with Crippen LogP contribution in [0.15, 0.2) is 29.2 Å². The topological polar surface area (TPSA) is 49.4 Å². The largest absolute Gasteiger partial charge is 0.312 e. The number of nitrogens with one attached hydrogen (secondary N) is 1. The molecule has 1 aromatic carbocycles. The zero-order valence-electron chi connectivity index (χ0n) is 9.97. The smallest absolute Gasteiger partial charge is 0.244 e. The molecule has 1 aromatic rings. The normalized spacial score (nSPS) is 21.3. The summed E-state index contributed by atoms with van der Waals surface area (Å²) in [4.78, 5) is 0.191. The Labute approximate surface area is 119 Å². The van der Waals surface area contributed by atoms with Gasteiger partial charge in [-0.05, 0) is 19.1 Å². The van der Waals surface area contributed by atoms with Crippen molar-refractivity contribution in [1.82, 2.24) is 9.62 Å². The van der Waals surface area contributed by atoms with Crippen LogP contribution in [-0.2, 0) is 10.0 Å². The molecular formula is C11H16Cl2N2O2S. The quantitative estimate of drug-likeness (QED) is 0.905. The molecule has 0 bridgehead atoms. The second-order valence-corrected chi connectivity index (χ2v) is 6.46. The van der Waals surface area contributed by atoms with Gasteiger partial charge in [0.1, 0.15) is 4.90 Å². The number of halogens is 2. The minimum absolute atomic E-state index is 0. The van der Waals surface area contributed by atoms with Crippen LogP contribution in [0.5, 0.6) is 0 Å². The third-order valence-electron chi connectivity index (χ3n) is 2.79. The van der Waals surface area contributed by atoms with Gasteiger partial charge in [-0.15, -0.1) is 12.4 Å². The van der Waals surface area contributed by atoms with E-state index in [4.69, 9.17) is 11.6 Å². The van der Waals surface area contributed by atoms with E-state index in [-0.39, 0.29) is 28.4 Å². The predicted molar refractivity (Wildman–Crippen MR) is 74.9 cm³/mol. The second-order valence-electron chi connectivity index (χ2n) is 4.15. The molecule has 0 spiro atoms.